The number of hydrogen-bond donors (Lipinski definition) is 1. The summed E-state index contributed by atoms with van der Waals surface area (Å²) in [5.41, 5.74) is 0. The summed E-state index contributed by atoms with van der Waals surface area (Å²) in [7, 11) is 0. The first-order valence-corrected chi connectivity index (χ1v) is 3.46. The van der Waals surface area contributed by atoms with Gasteiger partial charge in [0.2, 0.25) is 0 Å². The maximum atomic E-state index is 3.16. The van der Waals surface area contributed by atoms with Gasteiger partial charge >= 0.3 is 0 Å². The number of halogens is 1. The second-order valence-electron chi connectivity index (χ2n) is 2.39. The van der Waals surface area contributed by atoms with Gasteiger partial charge < -0.3 is 5.32 Å². The monoisotopic (exact) mass is 167 g/mol. The molecule has 1 heterocycles. The molecule has 1 aromatic rings. The average molecular weight is 168 g/mol. The van der Waals surface area contributed by atoms with Gasteiger partial charge in [0, 0.05) is 12.7 Å². The number of nitrogens with one attached hydrogen (secondary N) is 1. The summed E-state index contributed by atoms with van der Waals surface area (Å²) >= 11 is 0. The van der Waals surface area contributed by atoms with E-state index in [1.807, 2.05) is 0 Å². The minimum atomic E-state index is 0. The van der Waals surface area contributed by atoms with Crippen LogP contribution in [0.1, 0.15) is 0 Å². The Morgan fingerprint density at radius 1 is 1.09 bits per heavy atom. The molecule has 0 aromatic heterocycles. The largest absolute Gasteiger partial charge is 0.387 e. The standard InChI is InChI=1S/C9H9N.ClH/c1-2-4-9-7-10-6-5-8(9)3-1;/h1-5,7,10H,6H2;1H. The van der Waals surface area contributed by atoms with Gasteiger partial charge in [-0.05, 0) is 10.4 Å². The topological polar surface area (TPSA) is 12.0 Å². The lowest BCUT2D eigenvalue weighted by molar-refractivity contribution is 1.05. The zero-order chi connectivity index (χ0) is 6.81. The molecule has 0 saturated heterocycles. The SMILES string of the molecule is C1=c2ccccc2=CNC1.Cl. The quantitative estimate of drug-likeness (QED) is 0.584. The van der Waals surface area contributed by atoms with Crippen LogP contribution in [0.2, 0.25) is 0 Å². The summed E-state index contributed by atoms with van der Waals surface area (Å²) in [6.07, 6.45) is 4.24. The Hall–Kier alpha value is -0.950. The second-order valence-corrected chi connectivity index (χ2v) is 2.39. The first kappa shape index (κ1) is 8.15. The highest BCUT2D eigenvalue weighted by molar-refractivity contribution is 5.85. The highest BCUT2D eigenvalue weighted by Gasteiger charge is 1.87. The Kier molecular flexibility index (Phi) is 2.55. The van der Waals surface area contributed by atoms with Gasteiger partial charge in [-0.1, -0.05) is 30.3 Å². The van der Waals surface area contributed by atoms with Crippen LogP contribution in [0, 0.1) is 0 Å². The molecule has 2 heteroatoms. The molecule has 0 fully saturated rings. The van der Waals surface area contributed by atoms with E-state index >= 15 is 0 Å². The molecule has 0 amide bonds. The highest BCUT2D eigenvalue weighted by Crippen LogP contribution is 1.75. The van der Waals surface area contributed by atoms with Gasteiger partial charge in [-0.2, -0.15) is 0 Å². The summed E-state index contributed by atoms with van der Waals surface area (Å²) in [6, 6.07) is 8.36. The molecule has 0 radical (unpaired) electrons. The molecule has 0 unspecified atom stereocenters. The molecular weight excluding hydrogens is 158 g/mol. The fourth-order valence-corrected chi connectivity index (χ4v) is 1.17. The van der Waals surface area contributed by atoms with Crippen molar-refractivity contribution < 1.29 is 0 Å². The van der Waals surface area contributed by atoms with Crippen LogP contribution < -0.4 is 15.8 Å². The van der Waals surface area contributed by atoms with Crippen LogP contribution in [-0.4, -0.2) is 6.54 Å². The van der Waals surface area contributed by atoms with Crippen molar-refractivity contribution in [1.29, 1.82) is 0 Å². The molecule has 1 N–H and O–H groups in total. The van der Waals surface area contributed by atoms with E-state index in [9.17, 15) is 0 Å². The van der Waals surface area contributed by atoms with Crippen LogP contribution in [0.25, 0.3) is 12.3 Å². The van der Waals surface area contributed by atoms with Crippen molar-refractivity contribution in [1.82, 2.24) is 5.32 Å². The molecule has 1 aliphatic rings. The van der Waals surface area contributed by atoms with Crippen molar-refractivity contribution in [2.75, 3.05) is 6.54 Å². The van der Waals surface area contributed by atoms with Gasteiger partial charge in [-0.3, -0.25) is 0 Å². The van der Waals surface area contributed by atoms with Crippen molar-refractivity contribution in [3.8, 4) is 0 Å². The van der Waals surface area contributed by atoms with Crippen molar-refractivity contribution in [3.05, 3.63) is 34.7 Å². The zero-order valence-electron chi connectivity index (χ0n) is 6.08. The van der Waals surface area contributed by atoms with E-state index < -0.39 is 0 Å². The Bertz CT molecular complexity index is 308. The minimum Gasteiger partial charge on any atom is -0.387 e. The fraction of sp³-hybridized carbons (Fsp3) is 0.111. The molecule has 0 aliphatic carbocycles. The molecule has 0 atom stereocenters. The summed E-state index contributed by atoms with van der Waals surface area (Å²) in [4.78, 5) is 0. The van der Waals surface area contributed by atoms with E-state index in [-0.39, 0.29) is 12.4 Å². The molecule has 0 bridgehead atoms. The molecule has 0 saturated carbocycles. The van der Waals surface area contributed by atoms with Gasteiger partial charge in [0.1, 0.15) is 0 Å². The normalized spacial score (nSPS) is 12.7. The van der Waals surface area contributed by atoms with Gasteiger partial charge in [0.15, 0.2) is 0 Å². The van der Waals surface area contributed by atoms with E-state index in [1.165, 1.54) is 10.4 Å². The van der Waals surface area contributed by atoms with Crippen LogP contribution >= 0.6 is 12.4 Å². The molecule has 1 aromatic carbocycles. The maximum Gasteiger partial charge on any atom is 0.0334 e. The Labute approximate surface area is 71.8 Å². The molecule has 11 heavy (non-hydrogen) atoms. The third-order valence-electron chi connectivity index (χ3n) is 1.69. The highest BCUT2D eigenvalue weighted by atomic mass is 35.5. The number of hydrogen-bond acceptors (Lipinski definition) is 1. The average Bonchev–Trinajstić information content (AvgIpc) is 2.05. The van der Waals surface area contributed by atoms with E-state index in [0.717, 1.165) is 6.54 Å². The van der Waals surface area contributed by atoms with Gasteiger partial charge in [-0.15, -0.1) is 12.4 Å². The third-order valence-corrected chi connectivity index (χ3v) is 1.69. The summed E-state index contributed by atoms with van der Waals surface area (Å²) < 4.78 is 0. The lowest BCUT2D eigenvalue weighted by atomic mass is 10.2. The van der Waals surface area contributed by atoms with Crippen LogP contribution in [0.5, 0.6) is 0 Å². The Morgan fingerprint density at radius 2 is 1.82 bits per heavy atom. The lowest BCUT2D eigenvalue weighted by Crippen LogP contribution is -2.32. The Morgan fingerprint density at radius 3 is 2.55 bits per heavy atom. The molecule has 1 nitrogen and oxygen atoms in total. The van der Waals surface area contributed by atoms with E-state index in [1.54, 1.807) is 0 Å². The molecule has 58 valence electrons. The molecule has 2 rings (SSSR count). The minimum absolute atomic E-state index is 0. The summed E-state index contributed by atoms with van der Waals surface area (Å²) in [5, 5.41) is 5.78. The van der Waals surface area contributed by atoms with Gasteiger partial charge in [-0.25, -0.2) is 0 Å². The number of fused-ring (bicyclic) bond motifs is 1. The third kappa shape index (κ3) is 1.55. The Balaban J connectivity index is 0.000000605. The van der Waals surface area contributed by atoms with E-state index in [0.29, 0.717) is 0 Å². The zero-order valence-corrected chi connectivity index (χ0v) is 6.90. The number of benzene rings is 1. The van der Waals surface area contributed by atoms with Crippen molar-refractivity contribution in [2.45, 2.75) is 0 Å². The van der Waals surface area contributed by atoms with Crippen molar-refractivity contribution in [3.63, 3.8) is 0 Å². The first-order valence-electron chi connectivity index (χ1n) is 3.46. The van der Waals surface area contributed by atoms with Gasteiger partial charge in [0.25, 0.3) is 0 Å². The van der Waals surface area contributed by atoms with Crippen molar-refractivity contribution in [2.24, 2.45) is 0 Å². The lowest BCUT2D eigenvalue weighted by Gasteiger charge is -2.00. The predicted molar refractivity (Wildman–Crippen MR) is 49.9 cm³/mol. The van der Waals surface area contributed by atoms with Gasteiger partial charge in [0.05, 0.1) is 0 Å². The first-order chi connectivity index (χ1) is 4.97. The van der Waals surface area contributed by atoms with Crippen LogP contribution in [-0.2, 0) is 0 Å². The van der Waals surface area contributed by atoms with Crippen LogP contribution in [0.3, 0.4) is 0 Å². The predicted octanol–water partition coefficient (Wildman–Crippen LogP) is 0.230. The van der Waals surface area contributed by atoms with E-state index in [2.05, 4.69) is 41.9 Å². The molecule has 1 aliphatic heterocycles. The second kappa shape index (κ2) is 3.44. The molecular formula is C9H10ClN. The van der Waals surface area contributed by atoms with Crippen molar-refractivity contribution >= 4 is 24.7 Å². The molecule has 0 spiro atoms. The number of rotatable bonds is 0. The smallest absolute Gasteiger partial charge is 0.0334 e. The summed E-state index contributed by atoms with van der Waals surface area (Å²) in [5.74, 6) is 0. The fourth-order valence-electron chi connectivity index (χ4n) is 1.17. The van der Waals surface area contributed by atoms with Crippen LogP contribution in [0.15, 0.2) is 24.3 Å². The summed E-state index contributed by atoms with van der Waals surface area (Å²) in [6.45, 7) is 0.955. The maximum absolute atomic E-state index is 3.16. The van der Waals surface area contributed by atoms with E-state index in [4.69, 9.17) is 0 Å². The van der Waals surface area contributed by atoms with Crippen LogP contribution in [0.4, 0.5) is 0 Å².